The maximum Gasteiger partial charge on any atom is 0.246 e. The van der Waals surface area contributed by atoms with Gasteiger partial charge in [-0.3, -0.25) is 5.10 Å². The number of aromatic amines is 1. The molecule has 0 radical (unpaired) electrons. The van der Waals surface area contributed by atoms with Crippen LogP contribution in [0.2, 0.25) is 0 Å². The molecule has 1 saturated heterocycles. The van der Waals surface area contributed by atoms with Gasteiger partial charge in [0.25, 0.3) is 0 Å². The van der Waals surface area contributed by atoms with Crippen molar-refractivity contribution in [3.63, 3.8) is 0 Å². The van der Waals surface area contributed by atoms with Crippen LogP contribution in [0.25, 0.3) is 0 Å². The molecule has 3 rings (SSSR count). The van der Waals surface area contributed by atoms with E-state index in [1.54, 1.807) is 13.8 Å². The normalized spacial score (nSPS) is 17.2. The van der Waals surface area contributed by atoms with Crippen LogP contribution in [0.1, 0.15) is 23.4 Å². The lowest BCUT2D eigenvalue weighted by Gasteiger charge is -2.22. The Morgan fingerprint density at radius 2 is 1.54 bits per heavy atom. The molecular formula is C17H21N5O4S2. The van der Waals surface area contributed by atoms with E-state index in [4.69, 9.17) is 5.26 Å². The molecule has 28 heavy (non-hydrogen) atoms. The number of hydrogen-bond donors (Lipinski definition) is 1. The Morgan fingerprint density at radius 3 is 2.04 bits per heavy atom. The van der Waals surface area contributed by atoms with Crippen molar-refractivity contribution in [3.05, 3.63) is 41.2 Å². The zero-order valence-electron chi connectivity index (χ0n) is 15.6. The molecule has 0 bridgehead atoms. The minimum atomic E-state index is -3.77. The first kappa shape index (κ1) is 20.5. The van der Waals surface area contributed by atoms with Crippen molar-refractivity contribution in [2.75, 3.05) is 26.2 Å². The monoisotopic (exact) mass is 423 g/mol. The fourth-order valence-electron chi connectivity index (χ4n) is 3.25. The Hall–Kier alpha value is -2.26. The van der Waals surface area contributed by atoms with Gasteiger partial charge >= 0.3 is 0 Å². The summed E-state index contributed by atoms with van der Waals surface area (Å²) in [7, 11) is -7.53. The predicted octanol–water partition coefficient (Wildman–Crippen LogP) is 0.984. The number of hydrogen-bond acceptors (Lipinski definition) is 6. The van der Waals surface area contributed by atoms with Gasteiger partial charge in [0, 0.05) is 26.2 Å². The number of aryl methyl sites for hydroxylation is 2. The Labute approximate surface area is 164 Å². The van der Waals surface area contributed by atoms with Crippen LogP contribution < -0.4 is 0 Å². The molecule has 9 nitrogen and oxygen atoms in total. The fourth-order valence-corrected chi connectivity index (χ4v) is 6.52. The maximum absolute atomic E-state index is 13.0. The van der Waals surface area contributed by atoms with E-state index in [0.717, 1.165) is 0 Å². The molecule has 1 aromatic carbocycles. The second-order valence-electron chi connectivity index (χ2n) is 6.56. The van der Waals surface area contributed by atoms with Crippen molar-refractivity contribution in [3.8, 4) is 6.07 Å². The van der Waals surface area contributed by atoms with E-state index < -0.39 is 20.0 Å². The van der Waals surface area contributed by atoms with Gasteiger partial charge in [-0.2, -0.15) is 19.0 Å². The summed E-state index contributed by atoms with van der Waals surface area (Å²) in [5.74, 6) is 0. The standard InChI is InChI=1S/C17H21N5O4S2/c1-13-17(14(2)20-19-13)28(25,26)22-9-3-8-21(10-11-22)27(23,24)16-6-4-15(12-18)5-7-16/h4-7H,3,8-11H2,1-2H3,(H,19,20). The molecule has 1 fully saturated rings. The molecule has 0 saturated carbocycles. The summed E-state index contributed by atoms with van der Waals surface area (Å²) in [5.41, 5.74) is 1.23. The highest BCUT2D eigenvalue weighted by atomic mass is 32.2. The summed E-state index contributed by atoms with van der Waals surface area (Å²) in [6, 6.07) is 7.64. The lowest BCUT2D eigenvalue weighted by Crippen LogP contribution is -2.37. The first-order chi connectivity index (χ1) is 13.2. The van der Waals surface area contributed by atoms with E-state index >= 15 is 0 Å². The van der Waals surface area contributed by atoms with Crippen LogP contribution in [0.3, 0.4) is 0 Å². The molecule has 2 aromatic rings. The van der Waals surface area contributed by atoms with E-state index in [-0.39, 0.29) is 36.0 Å². The summed E-state index contributed by atoms with van der Waals surface area (Å²) in [6.45, 7) is 3.82. The van der Waals surface area contributed by atoms with Gasteiger partial charge in [-0.1, -0.05) is 0 Å². The lowest BCUT2D eigenvalue weighted by atomic mass is 10.2. The predicted molar refractivity (Wildman–Crippen MR) is 101 cm³/mol. The molecule has 0 spiro atoms. The average Bonchev–Trinajstić information content (AvgIpc) is 2.87. The highest BCUT2D eigenvalue weighted by Gasteiger charge is 2.34. The number of nitrogens with zero attached hydrogens (tertiary/aromatic N) is 4. The molecule has 0 aliphatic carbocycles. The summed E-state index contributed by atoms with van der Waals surface area (Å²) in [4.78, 5) is 0.236. The Kier molecular flexibility index (Phi) is 5.58. The number of benzene rings is 1. The molecular weight excluding hydrogens is 402 g/mol. The first-order valence-electron chi connectivity index (χ1n) is 8.70. The van der Waals surface area contributed by atoms with Gasteiger partial charge in [-0.05, 0) is 44.5 Å². The van der Waals surface area contributed by atoms with E-state index in [1.165, 1.54) is 32.9 Å². The molecule has 0 atom stereocenters. The molecule has 0 unspecified atom stereocenters. The van der Waals surface area contributed by atoms with Gasteiger partial charge in [0.2, 0.25) is 20.0 Å². The van der Waals surface area contributed by atoms with E-state index in [9.17, 15) is 16.8 Å². The quantitative estimate of drug-likeness (QED) is 0.781. The van der Waals surface area contributed by atoms with Gasteiger partial charge < -0.3 is 0 Å². The number of nitriles is 1. The van der Waals surface area contributed by atoms with Crippen LogP contribution >= 0.6 is 0 Å². The van der Waals surface area contributed by atoms with E-state index in [0.29, 0.717) is 23.4 Å². The highest BCUT2D eigenvalue weighted by molar-refractivity contribution is 7.89. The zero-order valence-corrected chi connectivity index (χ0v) is 17.2. The molecule has 2 heterocycles. The minimum absolute atomic E-state index is 0.0531. The Balaban J connectivity index is 1.82. The van der Waals surface area contributed by atoms with Crippen LogP contribution in [0, 0.1) is 25.2 Å². The van der Waals surface area contributed by atoms with Crippen molar-refractivity contribution < 1.29 is 16.8 Å². The fraction of sp³-hybridized carbons (Fsp3) is 0.412. The number of sulfonamides is 2. The zero-order chi connectivity index (χ0) is 20.5. The smallest absolute Gasteiger partial charge is 0.246 e. The number of nitrogens with one attached hydrogen (secondary N) is 1. The number of rotatable bonds is 4. The summed E-state index contributed by atoms with van der Waals surface area (Å²) in [6.07, 6.45) is 0.380. The number of aromatic nitrogens is 2. The SMILES string of the molecule is Cc1n[nH]c(C)c1S(=O)(=O)N1CCCN(S(=O)(=O)c2ccc(C#N)cc2)CC1. The van der Waals surface area contributed by atoms with Gasteiger partial charge in [0.1, 0.15) is 4.90 Å². The van der Waals surface area contributed by atoms with Crippen molar-refractivity contribution in [2.45, 2.75) is 30.1 Å². The van der Waals surface area contributed by atoms with E-state index in [1.807, 2.05) is 6.07 Å². The van der Waals surface area contributed by atoms with Crippen molar-refractivity contribution >= 4 is 20.0 Å². The third kappa shape index (κ3) is 3.68. The third-order valence-electron chi connectivity index (χ3n) is 4.69. The van der Waals surface area contributed by atoms with Crippen LogP contribution in [0.4, 0.5) is 0 Å². The first-order valence-corrected chi connectivity index (χ1v) is 11.6. The Morgan fingerprint density at radius 1 is 0.964 bits per heavy atom. The third-order valence-corrected chi connectivity index (χ3v) is 8.77. The summed E-state index contributed by atoms with van der Waals surface area (Å²) in [5, 5.41) is 15.5. The lowest BCUT2D eigenvalue weighted by molar-refractivity contribution is 0.404. The van der Waals surface area contributed by atoms with Crippen LogP contribution in [0.5, 0.6) is 0 Å². The minimum Gasteiger partial charge on any atom is -0.281 e. The van der Waals surface area contributed by atoms with Gasteiger partial charge in [0.05, 0.1) is 27.9 Å². The highest BCUT2D eigenvalue weighted by Crippen LogP contribution is 2.24. The van der Waals surface area contributed by atoms with Gasteiger partial charge in [-0.15, -0.1) is 0 Å². The van der Waals surface area contributed by atoms with Crippen molar-refractivity contribution in [1.82, 2.24) is 18.8 Å². The van der Waals surface area contributed by atoms with Crippen LogP contribution in [-0.4, -0.2) is 61.8 Å². The Bertz CT molecular complexity index is 1100. The molecule has 1 aromatic heterocycles. The van der Waals surface area contributed by atoms with Gasteiger partial charge in [-0.25, -0.2) is 16.8 Å². The van der Waals surface area contributed by atoms with Crippen LogP contribution in [-0.2, 0) is 20.0 Å². The second kappa shape index (κ2) is 7.63. The average molecular weight is 424 g/mol. The molecule has 11 heteroatoms. The van der Waals surface area contributed by atoms with E-state index in [2.05, 4.69) is 10.2 Å². The molecule has 1 aliphatic heterocycles. The molecule has 1 aliphatic rings. The molecule has 1 N–H and O–H groups in total. The van der Waals surface area contributed by atoms with Gasteiger partial charge in [0.15, 0.2) is 0 Å². The molecule has 150 valence electrons. The topological polar surface area (TPSA) is 127 Å². The summed E-state index contributed by atoms with van der Waals surface area (Å²) < 4.78 is 54.4. The van der Waals surface area contributed by atoms with Crippen molar-refractivity contribution in [1.29, 1.82) is 5.26 Å². The summed E-state index contributed by atoms with van der Waals surface area (Å²) >= 11 is 0. The van der Waals surface area contributed by atoms with Crippen LogP contribution in [0.15, 0.2) is 34.1 Å². The maximum atomic E-state index is 13.0. The number of H-pyrrole nitrogens is 1. The molecule has 0 amide bonds. The largest absolute Gasteiger partial charge is 0.281 e. The second-order valence-corrected chi connectivity index (χ2v) is 10.4. The van der Waals surface area contributed by atoms with Crippen molar-refractivity contribution in [2.24, 2.45) is 0 Å².